The first kappa shape index (κ1) is 35.0. The molecule has 0 aliphatic carbocycles. The number of piperidine rings is 1. The Morgan fingerprint density at radius 2 is 1.73 bits per heavy atom. The number of carboxylic acid groups (broad SMARTS) is 1. The number of halogens is 4. The summed E-state index contributed by atoms with van der Waals surface area (Å²) in [5, 5.41) is 11.4. The summed E-state index contributed by atoms with van der Waals surface area (Å²) in [6.07, 6.45) is -0.769. The zero-order chi connectivity index (χ0) is 32.8. The molecule has 44 heavy (non-hydrogen) atoms. The SMILES string of the molecule is CCS(=O)(=O)N1CCC(c2c[nH]c3c(C(N)=O)cc(-c4cc(F)cc(CNCCC(C)C)c4)cc23)CC1.O=C(O)C(F)(F)F. The van der Waals surface area contributed by atoms with Crippen molar-refractivity contribution in [2.75, 3.05) is 25.4 Å². The van der Waals surface area contributed by atoms with Crippen molar-refractivity contribution in [1.82, 2.24) is 14.6 Å². The van der Waals surface area contributed by atoms with Crippen molar-refractivity contribution in [3.05, 3.63) is 59.0 Å². The number of carboxylic acids is 1. The molecule has 4 rings (SSSR count). The van der Waals surface area contributed by atoms with Gasteiger partial charge in [0.05, 0.1) is 16.8 Å². The van der Waals surface area contributed by atoms with Crippen LogP contribution in [0.15, 0.2) is 36.5 Å². The number of alkyl halides is 3. The Labute approximate surface area is 253 Å². The quantitative estimate of drug-likeness (QED) is 0.173. The Bertz CT molecular complexity index is 1580. The van der Waals surface area contributed by atoms with Crippen molar-refractivity contribution in [2.45, 2.75) is 58.7 Å². The van der Waals surface area contributed by atoms with Gasteiger partial charge in [0.15, 0.2) is 0 Å². The second-order valence-corrected chi connectivity index (χ2v) is 13.4. The van der Waals surface area contributed by atoms with Gasteiger partial charge in [0.1, 0.15) is 5.82 Å². The fraction of sp³-hybridized carbons (Fsp3) is 0.467. The molecule has 0 spiro atoms. The third kappa shape index (κ3) is 9.02. The number of amides is 1. The van der Waals surface area contributed by atoms with E-state index in [1.165, 1.54) is 12.1 Å². The maximum Gasteiger partial charge on any atom is 0.490 e. The maximum atomic E-state index is 14.6. The molecule has 1 aliphatic heterocycles. The van der Waals surface area contributed by atoms with Gasteiger partial charge in [-0.3, -0.25) is 4.79 Å². The minimum absolute atomic E-state index is 0.0962. The summed E-state index contributed by atoms with van der Waals surface area (Å²) in [4.78, 5) is 24.5. The second-order valence-electron chi connectivity index (χ2n) is 11.1. The number of primary amides is 1. The highest BCUT2D eigenvalue weighted by molar-refractivity contribution is 7.89. The summed E-state index contributed by atoms with van der Waals surface area (Å²) in [5.74, 6) is -2.82. The number of benzene rings is 2. The number of fused-ring (bicyclic) bond motifs is 1. The van der Waals surface area contributed by atoms with Crippen LogP contribution in [0.1, 0.15) is 67.4 Å². The number of nitrogens with two attached hydrogens (primary N) is 1. The Balaban J connectivity index is 0.000000676. The zero-order valence-corrected chi connectivity index (χ0v) is 25.6. The van der Waals surface area contributed by atoms with Crippen molar-refractivity contribution in [3.8, 4) is 11.1 Å². The van der Waals surface area contributed by atoms with Crippen LogP contribution in [0.5, 0.6) is 0 Å². The van der Waals surface area contributed by atoms with Crippen LogP contribution in [0.25, 0.3) is 22.0 Å². The van der Waals surface area contributed by atoms with Crippen LogP contribution < -0.4 is 11.1 Å². The normalized spacial score (nSPS) is 14.9. The lowest BCUT2D eigenvalue weighted by Crippen LogP contribution is -2.38. The molecule has 5 N–H and O–H groups in total. The third-order valence-electron chi connectivity index (χ3n) is 7.50. The number of H-pyrrole nitrogens is 1. The van der Waals surface area contributed by atoms with E-state index < -0.39 is 28.1 Å². The highest BCUT2D eigenvalue weighted by Crippen LogP contribution is 2.37. The fourth-order valence-corrected chi connectivity index (χ4v) is 6.25. The van der Waals surface area contributed by atoms with E-state index in [9.17, 15) is 30.8 Å². The van der Waals surface area contributed by atoms with Gasteiger partial charge in [-0.15, -0.1) is 0 Å². The molecule has 1 amide bonds. The standard InChI is InChI=1S/C28H37FN4O3S.C2HF3O2/c1-4-37(35,36)33-9-6-20(7-10-33)26-17-32-27-24(26)14-22(15-25(27)28(30)34)21-11-19(12-23(29)13-21)16-31-8-5-18(2)3;3-2(4,5)1(6)7/h11-15,17-18,20,31-32H,4-10,16H2,1-3H3,(H2,30,34);(H,6,7). The van der Waals surface area contributed by atoms with E-state index >= 15 is 0 Å². The lowest BCUT2D eigenvalue weighted by molar-refractivity contribution is -0.192. The third-order valence-corrected chi connectivity index (χ3v) is 9.38. The van der Waals surface area contributed by atoms with Gasteiger partial charge >= 0.3 is 12.1 Å². The summed E-state index contributed by atoms with van der Waals surface area (Å²) in [6, 6.07) is 8.64. The van der Waals surface area contributed by atoms with E-state index in [2.05, 4.69) is 24.1 Å². The number of aromatic nitrogens is 1. The number of aliphatic carboxylic acids is 1. The first-order valence-electron chi connectivity index (χ1n) is 14.3. The van der Waals surface area contributed by atoms with Gasteiger partial charge in [-0.25, -0.2) is 21.9 Å². The number of nitrogens with one attached hydrogen (secondary N) is 2. The largest absolute Gasteiger partial charge is 0.490 e. The average molecular weight is 643 g/mol. The molecule has 2 aromatic carbocycles. The number of carbonyl (C=O) groups is 2. The molecule has 1 fully saturated rings. The Hall–Kier alpha value is -3.49. The number of aromatic amines is 1. The number of carbonyl (C=O) groups excluding carboxylic acids is 1. The first-order valence-corrected chi connectivity index (χ1v) is 15.9. The summed E-state index contributed by atoms with van der Waals surface area (Å²) >= 11 is 0. The number of sulfonamides is 1. The van der Waals surface area contributed by atoms with Crippen molar-refractivity contribution in [1.29, 1.82) is 0 Å². The smallest absolute Gasteiger partial charge is 0.475 e. The minimum atomic E-state index is -5.08. The van der Waals surface area contributed by atoms with E-state index in [1.807, 2.05) is 18.3 Å². The predicted molar refractivity (Wildman–Crippen MR) is 160 cm³/mol. The molecule has 0 atom stereocenters. The van der Waals surface area contributed by atoms with Crippen LogP contribution >= 0.6 is 0 Å². The van der Waals surface area contributed by atoms with Crippen LogP contribution in [0.3, 0.4) is 0 Å². The lowest BCUT2D eigenvalue weighted by Gasteiger charge is -2.31. The number of hydrogen-bond acceptors (Lipinski definition) is 5. The van der Waals surface area contributed by atoms with Crippen molar-refractivity contribution in [3.63, 3.8) is 0 Å². The molecule has 1 saturated heterocycles. The molecule has 0 saturated carbocycles. The molecular weight excluding hydrogens is 604 g/mol. The highest BCUT2D eigenvalue weighted by Gasteiger charge is 2.38. The molecule has 2 heterocycles. The lowest BCUT2D eigenvalue weighted by atomic mass is 9.88. The Morgan fingerprint density at radius 3 is 2.27 bits per heavy atom. The summed E-state index contributed by atoms with van der Waals surface area (Å²) in [6.45, 7) is 8.33. The molecule has 1 aromatic heterocycles. The molecular formula is C30H38F4N4O5S. The average Bonchev–Trinajstić information content (AvgIpc) is 3.38. The fourth-order valence-electron chi connectivity index (χ4n) is 5.12. The van der Waals surface area contributed by atoms with E-state index in [0.717, 1.165) is 35.0 Å². The van der Waals surface area contributed by atoms with E-state index in [1.54, 1.807) is 17.3 Å². The van der Waals surface area contributed by atoms with Crippen LogP contribution in [0.2, 0.25) is 0 Å². The summed E-state index contributed by atoms with van der Waals surface area (Å²) in [7, 11) is -3.21. The minimum Gasteiger partial charge on any atom is -0.475 e. The molecule has 242 valence electrons. The molecule has 0 unspecified atom stereocenters. The van der Waals surface area contributed by atoms with Gasteiger partial charge in [0.25, 0.3) is 5.91 Å². The maximum absolute atomic E-state index is 14.6. The summed E-state index contributed by atoms with van der Waals surface area (Å²) in [5.41, 5.74) is 10.0. The summed E-state index contributed by atoms with van der Waals surface area (Å²) < 4.78 is 72.5. The highest BCUT2D eigenvalue weighted by atomic mass is 32.2. The van der Waals surface area contributed by atoms with Crippen molar-refractivity contribution >= 4 is 32.8 Å². The van der Waals surface area contributed by atoms with E-state index in [4.69, 9.17) is 15.6 Å². The Kier molecular flexibility index (Phi) is 11.6. The van der Waals surface area contributed by atoms with Gasteiger partial charge in [-0.05, 0) is 97.2 Å². The molecule has 3 aromatic rings. The molecule has 0 radical (unpaired) electrons. The van der Waals surface area contributed by atoms with Gasteiger partial charge in [-0.1, -0.05) is 13.8 Å². The molecule has 9 nitrogen and oxygen atoms in total. The second kappa shape index (κ2) is 14.5. The van der Waals surface area contributed by atoms with E-state index in [0.29, 0.717) is 55.0 Å². The monoisotopic (exact) mass is 642 g/mol. The number of nitrogens with zero attached hydrogens (tertiary/aromatic N) is 1. The van der Waals surface area contributed by atoms with Gasteiger partial charge < -0.3 is 21.1 Å². The van der Waals surface area contributed by atoms with Crippen LogP contribution in [-0.4, -0.2) is 66.3 Å². The van der Waals surface area contributed by atoms with E-state index in [-0.39, 0.29) is 17.5 Å². The first-order chi connectivity index (χ1) is 20.5. The zero-order valence-electron chi connectivity index (χ0n) is 24.8. The van der Waals surface area contributed by atoms with Gasteiger partial charge in [0, 0.05) is 31.2 Å². The molecule has 0 bridgehead atoms. The van der Waals surface area contributed by atoms with Gasteiger partial charge in [-0.2, -0.15) is 13.2 Å². The molecule has 14 heteroatoms. The van der Waals surface area contributed by atoms with Crippen LogP contribution in [0, 0.1) is 11.7 Å². The predicted octanol–water partition coefficient (Wildman–Crippen LogP) is 5.37. The van der Waals surface area contributed by atoms with Gasteiger partial charge in [0.2, 0.25) is 10.0 Å². The van der Waals surface area contributed by atoms with Crippen LogP contribution in [0.4, 0.5) is 17.6 Å². The van der Waals surface area contributed by atoms with Crippen LogP contribution in [-0.2, 0) is 21.4 Å². The van der Waals surface area contributed by atoms with Crippen molar-refractivity contribution in [2.24, 2.45) is 11.7 Å². The Morgan fingerprint density at radius 1 is 1.11 bits per heavy atom. The topological polar surface area (TPSA) is 146 Å². The molecule has 1 aliphatic rings. The number of hydrogen-bond donors (Lipinski definition) is 4. The van der Waals surface area contributed by atoms with Crippen molar-refractivity contribution < 1.29 is 40.7 Å². The number of rotatable bonds is 10.